The summed E-state index contributed by atoms with van der Waals surface area (Å²) in [7, 11) is 0. The van der Waals surface area contributed by atoms with Gasteiger partial charge in [0.1, 0.15) is 6.61 Å². The van der Waals surface area contributed by atoms with E-state index in [1.807, 2.05) is 35.2 Å². The van der Waals surface area contributed by atoms with Crippen LogP contribution in [0.5, 0.6) is 0 Å². The maximum absolute atomic E-state index is 11.8. The summed E-state index contributed by atoms with van der Waals surface area (Å²) in [5.41, 5.74) is 0.979. The first-order chi connectivity index (χ1) is 9.74. The zero-order chi connectivity index (χ0) is 13.9. The van der Waals surface area contributed by atoms with Crippen molar-refractivity contribution in [1.29, 1.82) is 0 Å². The SMILES string of the molecule is O=C(OCc1ccccc1)N1CC(N2CCCC2=O)C1. The minimum atomic E-state index is -0.295. The average Bonchev–Trinajstić information content (AvgIpc) is 2.82. The number of hydrogen-bond acceptors (Lipinski definition) is 3. The molecule has 3 rings (SSSR count). The molecule has 2 amide bonds. The van der Waals surface area contributed by atoms with E-state index in [9.17, 15) is 9.59 Å². The number of rotatable bonds is 3. The molecule has 106 valence electrons. The Bertz CT molecular complexity index is 497. The summed E-state index contributed by atoms with van der Waals surface area (Å²) >= 11 is 0. The first kappa shape index (κ1) is 13.0. The van der Waals surface area contributed by atoms with Crippen LogP contribution in [-0.4, -0.2) is 47.5 Å². The van der Waals surface area contributed by atoms with Gasteiger partial charge in [-0.25, -0.2) is 4.79 Å². The van der Waals surface area contributed by atoms with Crippen molar-refractivity contribution >= 4 is 12.0 Å². The largest absolute Gasteiger partial charge is 0.445 e. The van der Waals surface area contributed by atoms with E-state index in [0.29, 0.717) is 26.1 Å². The molecule has 2 heterocycles. The van der Waals surface area contributed by atoms with Gasteiger partial charge in [-0.3, -0.25) is 4.79 Å². The van der Waals surface area contributed by atoms with E-state index in [-0.39, 0.29) is 18.0 Å². The molecule has 2 fully saturated rings. The standard InChI is InChI=1S/C15H18N2O3/c18-14-7-4-8-17(14)13-9-16(10-13)15(19)20-11-12-5-2-1-3-6-12/h1-3,5-6,13H,4,7-11H2. The molecule has 0 unspecified atom stereocenters. The van der Waals surface area contributed by atoms with Crippen LogP contribution in [0.25, 0.3) is 0 Å². The van der Waals surface area contributed by atoms with E-state index >= 15 is 0 Å². The summed E-state index contributed by atoms with van der Waals surface area (Å²) in [4.78, 5) is 27.0. The highest BCUT2D eigenvalue weighted by atomic mass is 16.6. The van der Waals surface area contributed by atoms with Crippen molar-refractivity contribution in [3.63, 3.8) is 0 Å². The van der Waals surface area contributed by atoms with Crippen molar-refractivity contribution in [2.75, 3.05) is 19.6 Å². The quantitative estimate of drug-likeness (QED) is 0.841. The van der Waals surface area contributed by atoms with E-state index in [4.69, 9.17) is 4.74 Å². The Morgan fingerprint density at radius 1 is 1.25 bits per heavy atom. The van der Waals surface area contributed by atoms with Gasteiger partial charge in [-0.05, 0) is 12.0 Å². The Hall–Kier alpha value is -2.04. The summed E-state index contributed by atoms with van der Waals surface area (Å²) in [6.07, 6.45) is 1.29. The number of hydrogen-bond donors (Lipinski definition) is 0. The molecule has 0 aliphatic carbocycles. The van der Waals surface area contributed by atoms with Gasteiger partial charge in [-0.15, -0.1) is 0 Å². The fraction of sp³-hybridized carbons (Fsp3) is 0.467. The minimum absolute atomic E-state index is 0.189. The van der Waals surface area contributed by atoms with Crippen LogP contribution in [0.2, 0.25) is 0 Å². The van der Waals surface area contributed by atoms with Crippen LogP contribution in [0, 0.1) is 0 Å². The lowest BCUT2D eigenvalue weighted by molar-refractivity contribution is -0.132. The van der Waals surface area contributed by atoms with Crippen LogP contribution in [-0.2, 0) is 16.1 Å². The van der Waals surface area contributed by atoms with Gasteiger partial charge in [0, 0.05) is 26.1 Å². The van der Waals surface area contributed by atoms with Gasteiger partial charge < -0.3 is 14.5 Å². The van der Waals surface area contributed by atoms with Gasteiger partial charge in [0.2, 0.25) is 5.91 Å². The number of likely N-dealkylation sites (tertiary alicyclic amines) is 2. The highest BCUT2D eigenvalue weighted by Gasteiger charge is 2.39. The van der Waals surface area contributed by atoms with E-state index < -0.39 is 0 Å². The van der Waals surface area contributed by atoms with E-state index in [1.165, 1.54) is 0 Å². The molecule has 0 spiro atoms. The maximum Gasteiger partial charge on any atom is 0.410 e. The fourth-order valence-electron chi connectivity index (χ4n) is 2.67. The summed E-state index contributed by atoms with van der Waals surface area (Å²) in [6.45, 7) is 2.32. The first-order valence-corrected chi connectivity index (χ1v) is 6.99. The second kappa shape index (κ2) is 5.53. The number of amides is 2. The summed E-state index contributed by atoms with van der Waals surface area (Å²) < 4.78 is 5.25. The van der Waals surface area contributed by atoms with Crippen molar-refractivity contribution in [3.05, 3.63) is 35.9 Å². The Labute approximate surface area is 118 Å². The van der Waals surface area contributed by atoms with Crippen LogP contribution in [0.4, 0.5) is 4.79 Å². The third kappa shape index (κ3) is 2.61. The summed E-state index contributed by atoms with van der Waals surface area (Å²) in [6, 6.07) is 9.81. The van der Waals surface area contributed by atoms with Gasteiger partial charge in [-0.2, -0.15) is 0 Å². The Balaban J connectivity index is 1.43. The van der Waals surface area contributed by atoms with Crippen LogP contribution in [0.3, 0.4) is 0 Å². The number of ether oxygens (including phenoxy) is 1. The molecule has 0 aromatic heterocycles. The topological polar surface area (TPSA) is 49.9 Å². The molecule has 0 saturated carbocycles. The van der Waals surface area contributed by atoms with Crippen molar-refractivity contribution in [2.24, 2.45) is 0 Å². The summed E-state index contributed by atoms with van der Waals surface area (Å²) in [5, 5.41) is 0. The molecule has 5 heteroatoms. The molecule has 2 aliphatic heterocycles. The van der Waals surface area contributed by atoms with Crippen molar-refractivity contribution in [3.8, 4) is 0 Å². The van der Waals surface area contributed by atoms with Crippen molar-refractivity contribution < 1.29 is 14.3 Å². The molecule has 0 radical (unpaired) electrons. The van der Waals surface area contributed by atoms with E-state index in [1.54, 1.807) is 4.90 Å². The Morgan fingerprint density at radius 3 is 2.65 bits per heavy atom. The zero-order valence-electron chi connectivity index (χ0n) is 11.3. The van der Waals surface area contributed by atoms with Crippen LogP contribution < -0.4 is 0 Å². The van der Waals surface area contributed by atoms with Gasteiger partial charge in [0.15, 0.2) is 0 Å². The normalized spacial score (nSPS) is 19.1. The number of carbonyl (C=O) groups excluding carboxylic acids is 2. The predicted octanol–water partition coefficient (Wildman–Crippen LogP) is 1.63. The Morgan fingerprint density at radius 2 is 2.00 bits per heavy atom. The second-order valence-electron chi connectivity index (χ2n) is 5.29. The van der Waals surface area contributed by atoms with Gasteiger partial charge in [0.05, 0.1) is 6.04 Å². The van der Waals surface area contributed by atoms with E-state index in [0.717, 1.165) is 18.5 Å². The van der Waals surface area contributed by atoms with E-state index in [2.05, 4.69) is 0 Å². The molecule has 2 saturated heterocycles. The second-order valence-corrected chi connectivity index (χ2v) is 5.29. The zero-order valence-corrected chi connectivity index (χ0v) is 11.3. The lowest BCUT2D eigenvalue weighted by atomic mass is 10.1. The number of carbonyl (C=O) groups is 2. The van der Waals surface area contributed by atoms with Crippen LogP contribution >= 0.6 is 0 Å². The highest BCUT2D eigenvalue weighted by Crippen LogP contribution is 2.21. The maximum atomic E-state index is 11.8. The van der Waals surface area contributed by atoms with Gasteiger partial charge >= 0.3 is 6.09 Å². The lowest BCUT2D eigenvalue weighted by Gasteiger charge is -2.43. The van der Waals surface area contributed by atoms with Crippen molar-refractivity contribution in [2.45, 2.75) is 25.5 Å². The van der Waals surface area contributed by atoms with Crippen LogP contribution in [0.1, 0.15) is 18.4 Å². The van der Waals surface area contributed by atoms with Gasteiger partial charge in [-0.1, -0.05) is 30.3 Å². The molecule has 1 aromatic rings. The lowest BCUT2D eigenvalue weighted by Crippen LogP contribution is -2.61. The molecular formula is C15H18N2O3. The third-order valence-corrected chi connectivity index (χ3v) is 3.88. The molecule has 0 atom stereocenters. The molecule has 0 bridgehead atoms. The number of benzene rings is 1. The van der Waals surface area contributed by atoms with Crippen LogP contribution in [0.15, 0.2) is 30.3 Å². The molecule has 2 aliphatic rings. The van der Waals surface area contributed by atoms with Crippen molar-refractivity contribution in [1.82, 2.24) is 9.80 Å². The highest BCUT2D eigenvalue weighted by molar-refractivity contribution is 5.79. The molecule has 0 N–H and O–H groups in total. The number of nitrogens with zero attached hydrogens (tertiary/aromatic N) is 2. The molecule has 5 nitrogen and oxygen atoms in total. The monoisotopic (exact) mass is 274 g/mol. The third-order valence-electron chi connectivity index (χ3n) is 3.88. The smallest absolute Gasteiger partial charge is 0.410 e. The first-order valence-electron chi connectivity index (χ1n) is 6.99. The minimum Gasteiger partial charge on any atom is -0.445 e. The molecule has 20 heavy (non-hydrogen) atoms. The Kier molecular flexibility index (Phi) is 3.58. The molecule has 1 aromatic carbocycles. The fourth-order valence-corrected chi connectivity index (χ4v) is 2.67. The predicted molar refractivity (Wildman–Crippen MR) is 72.9 cm³/mol. The molecular weight excluding hydrogens is 256 g/mol. The summed E-state index contributed by atoms with van der Waals surface area (Å²) in [5.74, 6) is 0.215. The van der Waals surface area contributed by atoms with Gasteiger partial charge in [0.25, 0.3) is 0 Å². The average molecular weight is 274 g/mol.